The van der Waals surface area contributed by atoms with Gasteiger partial charge < -0.3 is 5.73 Å². The first-order chi connectivity index (χ1) is 7.15. The van der Waals surface area contributed by atoms with E-state index in [1.165, 1.54) is 0 Å². The molecule has 1 heterocycles. The lowest BCUT2D eigenvalue weighted by atomic mass is 9.94. The predicted molar refractivity (Wildman–Crippen MR) is 60.4 cm³/mol. The fraction of sp³-hybridized carbons (Fsp3) is 0.500. The second kappa shape index (κ2) is 5.61. The van der Waals surface area contributed by atoms with Crippen molar-refractivity contribution in [2.75, 3.05) is 0 Å². The lowest BCUT2D eigenvalue weighted by Crippen LogP contribution is -2.37. The van der Waals surface area contributed by atoms with Gasteiger partial charge in [0.25, 0.3) is 0 Å². The number of pyridine rings is 1. The highest BCUT2D eigenvalue weighted by Crippen LogP contribution is 2.08. The van der Waals surface area contributed by atoms with Crippen molar-refractivity contribution in [2.45, 2.75) is 32.7 Å². The van der Waals surface area contributed by atoms with Crippen LogP contribution in [-0.4, -0.2) is 16.8 Å². The molecule has 0 aliphatic heterocycles. The molecule has 2 unspecified atom stereocenters. The summed E-state index contributed by atoms with van der Waals surface area (Å²) >= 11 is 0. The maximum absolute atomic E-state index is 11.7. The van der Waals surface area contributed by atoms with Gasteiger partial charge in [0.05, 0.1) is 12.5 Å². The third-order valence-corrected chi connectivity index (χ3v) is 2.71. The summed E-state index contributed by atoms with van der Waals surface area (Å²) in [6.45, 7) is 4.04. The van der Waals surface area contributed by atoms with Crippen LogP contribution in [0, 0.1) is 5.92 Å². The van der Waals surface area contributed by atoms with Crippen LogP contribution in [0.1, 0.15) is 26.0 Å². The lowest BCUT2D eigenvalue weighted by Gasteiger charge is -2.16. The Balaban J connectivity index is 2.56. The fourth-order valence-electron chi connectivity index (χ4n) is 1.37. The van der Waals surface area contributed by atoms with Crippen LogP contribution < -0.4 is 5.73 Å². The Morgan fingerprint density at radius 2 is 2.27 bits per heavy atom. The highest BCUT2D eigenvalue weighted by molar-refractivity contribution is 5.85. The highest BCUT2D eigenvalue weighted by atomic mass is 16.1. The minimum absolute atomic E-state index is 0.0723. The number of aromatic nitrogens is 1. The molecule has 82 valence electrons. The average Bonchev–Trinajstić information content (AvgIpc) is 2.28. The molecule has 1 aromatic heterocycles. The maximum atomic E-state index is 11.7. The molecule has 1 rings (SSSR count). The standard InChI is InChI=1S/C12H18N2O/c1-3-9(2)12(13)11(15)8-10-6-4-5-7-14-10/h4-7,9,12H,3,8,13H2,1-2H3. The molecule has 0 saturated carbocycles. The van der Waals surface area contributed by atoms with Crippen LogP contribution in [-0.2, 0) is 11.2 Å². The summed E-state index contributed by atoms with van der Waals surface area (Å²) in [5.74, 6) is 0.310. The first kappa shape index (κ1) is 11.9. The molecule has 3 heteroatoms. The average molecular weight is 206 g/mol. The van der Waals surface area contributed by atoms with Crippen molar-refractivity contribution in [3.05, 3.63) is 30.1 Å². The molecule has 0 bridgehead atoms. The van der Waals surface area contributed by atoms with Crippen molar-refractivity contribution in [3.63, 3.8) is 0 Å². The molecule has 0 amide bonds. The third-order valence-electron chi connectivity index (χ3n) is 2.71. The van der Waals surface area contributed by atoms with Crippen molar-refractivity contribution >= 4 is 5.78 Å². The van der Waals surface area contributed by atoms with Crippen molar-refractivity contribution in [1.29, 1.82) is 0 Å². The quantitative estimate of drug-likeness (QED) is 0.795. The Morgan fingerprint density at radius 3 is 2.80 bits per heavy atom. The van der Waals surface area contributed by atoms with Gasteiger partial charge in [-0.1, -0.05) is 26.3 Å². The summed E-state index contributed by atoms with van der Waals surface area (Å²) in [5.41, 5.74) is 6.63. The predicted octanol–water partition coefficient (Wildman–Crippen LogP) is 1.57. The molecule has 0 radical (unpaired) electrons. The zero-order chi connectivity index (χ0) is 11.3. The first-order valence-corrected chi connectivity index (χ1v) is 5.33. The number of carbonyl (C=O) groups is 1. The normalized spacial score (nSPS) is 14.6. The van der Waals surface area contributed by atoms with E-state index in [-0.39, 0.29) is 17.7 Å². The van der Waals surface area contributed by atoms with Crippen LogP contribution in [0.3, 0.4) is 0 Å². The Morgan fingerprint density at radius 1 is 1.53 bits per heavy atom. The van der Waals surface area contributed by atoms with Crippen LogP contribution in [0.4, 0.5) is 0 Å². The molecule has 0 aromatic carbocycles. The van der Waals surface area contributed by atoms with E-state index in [9.17, 15) is 4.79 Å². The summed E-state index contributed by atoms with van der Waals surface area (Å²) in [4.78, 5) is 15.9. The Labute approximate surface area is 90.7 Å². The number of nitrogens with zero attached hydrogens (tertiary/aromatic N) is 1. The molecule has 2 N–H and O–H groups in total. The van der Waals surface area contributed by atoms with Gasteiger partial charge in [-0.05, 0) is 18.1 Å². The summed E-state index contributed by atoms with van der Waals surface area (Å²) < 4.78 is 0. The molecule has 0 spiro atoms. The SMILES string of the molecule is CCC(C)C(N)C(=O)Cc1ccccn1. The maximum Gasteiger partial charge on any atom is 0.155 e. The van der Waals surface area contributed by atoms with Crippen molar-refractivity contribution < 1.29 is 4.79 Å². The number of Topliss-reactive ketones (excluding diaryl/α,β-unsaturated/α-hetero) is 1. The second-order valence-corrected chi connectivity index (χ2v) is 3.88. The van der Waals surface area contributed by atoms with Gasteiger partial charge in [0, 0.05) is 11.9 Å². The summed E-state index contributed by atoms with van der Waals surface area (Å²) in [7, 11) is 0. The molecule has 2 atom stereocenters. The zero-order valence-corrected chi connectivity index (χ0v) is 9.31. The van der Waals surface area contributed by atoms with E-state index in [2.05, 4.69) is 4.98 Å². The molecule has 0 aliphatic carbocycles. The van der Waals surface area contributed by atoms with Gasteiger partial charge in [-0.3, -0.25) is 9.78 Å². The number of hydrogen-bond donors (Lipinski definition) is 1. The van der Waals surface area contributed by atoms with Gasteiger partial charge in [-0.2, -0.15) is 0 Å². The molecule has 0 saturated heterocycles. The van der Waals surface area contributed by atoms with E-state index in [0.29, 0.717) is 6.42 Å². The molecule has 1 aromatic rings. The summed E-state index contributed by atoms with van der Waals surface area (Å²) in [5, 5.41) is 0. The van der Waals surface area contributed by atoms with Gasteiger partial charge >= 0.3 is 0 Å². The molecular formula is C12H18N2O. The number of hydrogen-bond acceptors (Lipinski definition) is 3. The topological polar surface area (TPSA) is 56.0 Å². The van der Waals surface area contributed by atoms with Gasteiger partial charge in [0.2, 0.25) is 0 Å². The van der Waals surface area contributed by atoms with Crippen LogP contribution in [0.2, 0.25) is 0 Å². The van der Waals surface area contributed by atoms with Gasteiger partial charge in [0.15, 0.2) is 5.78 Å². The number of ketones is 1. The Hall–Kier alpha value is -1.22. The summed E-state index contributed by atoms with van der Waals surface area (Å²) in [6.07, 6.45) is 2.96. The Kier molecular flexibility index (Phi) is 4.43. The van der Waals surface area contributed by atoms with E-state index in [4.69, 9.17) is 5.73 Å². The van der Waals surface area contributed by atoms with Gasteiger partial charge in [0.1, 0.15) is 0 Å². The van der Waals surface area contributed by atoms with Crippen LogP contribution in [0.25, 0.3) is 0 Å². The highest BCUT2D eigenvalue weighted by Gasteiger charge is 2.19. The number of carbonyl (C=O) groups excluding carboxylic acids is 1. The number of rotatable bonds is 5. The largest absolute Gasteiger partial charge is 0.321 e. The van der Waals surface area contributed by atoms with Crippen LogP contribution >= 0.6 is 0 Å². The monoisotopic (exact) mass is 206 g/mol. The fourth-order valence-corrected chi connectivity index (χ4v) is 1.37. The minimum Gasteiger partial charge on any atom is -0.321 e. The van der Waals surface area contributed by atoms with E-state index < -0.39 is 0 Å². The lowest BCUT2D eigenvalue weighted by molar-refractivity contribution is -0.120. The first-order valence-electron chi connectivity index (χ1n) is 5.33. The minimum atomic E-state index is -0.364. The molecular weight excluding hydrogens is 188 g/mol. The van der Waals surface area contributed by atoms with E-state index in [1.54, 1.807) is 6.20 Å². The molecule has 3 nitrogen and oxygen atoms in total. The van der Waals surface area contributed by atoms with Gasteiger partial charge in [-0.15, -0.1) is 0 Å². The van der Waals surface area contributed by atoms with E-state index >= 15 is 0 Å². The molecule has 0 aliphatic rings. The van der Waals surface area contributed by atoms with Crippen LogP contribution in [0.5, 0.6) is 0 Å². The van der Waals surface area contributed by atoms with Crippen LogP contribution in [0.15, 0.2) is 24.4 Å². The van der Waals surface area contributed by atoms with Gasteiger partial charge in [-0.25, -0.2) is 0 Å². The van der Waals surface area contributed by atoms with Crippen molar-refractivity contribution in [1.82, 2.24) is 4.98 Å². The molecule has 15 heavy (non-hydrogen) atoms. The Bertz CT molecular complexity index is 311. The second-order valence-electron chi connectivity index (χ2n) is 3.88. The van der Waals surface area contributed by atoms with Crippen molar-refractivity contribution in [3.8, 4) is 0 Å². The van der Waals surface area contributed by atoms with Crippen molar-refractivity contribution in [2.24, 2.45) is 11.7 Å². The third kappa shape index (κ3) is 3.44. The molecule has 0 fully saturated rings. The zero-order valence-electron chi connectivity index (χ0n) is 9.31. The smallest absolute Gasteiger partial charge is 0.155 e. The van der Waals surface area contributed by atoms with E-state index in [0.717, 1.165) is 12.1 Å². The number of nitrogens with two attached hydrogens (primary N) is 1. The summed E-state index contributed by atoms with van der Waals surface area (Å²) in [6, 6.07) is 5.20. The van der Waals surface area contributed by atoms with E-state index in [1.807, 2.05) is 32.0 Å².